The van der Waals surface area contributed by atoms with Crippen molar-refractivity contribution in [2.45, 2.75) is 50.4 Å². The fourth-order valence-electron chi connectivity index (χ4n) is 6.37. The number of aliphatic hydroxyl groups is 2. The van der Waals surface area contributed by atoms with Gasteiger partial charge >= 0.3 is 5.97 Å². The highest BCUT2D eigenvalue weighted by atomic mass is 16.6. The molecule has 0 amide bonds. The van der Waals surface area contributed by atoms with Gasteiger partial charge in [0.25, 0.3) is 0 Å². The van der Waals surface area contributed by atoms with Gasteiger partial charge in [-0.1, -0.05) is 6.92 Å². The average molecular weight is 376 g/mol. The van der Waals surface area contributed by atoms with Gasteiger partial charge in [0.1, 0.15) is 17.5 Å². The minimum absolute atomic E-state index is 0.107. The number of carbonyl (C=O) groups is 2. The largest absolute Gasteiger partial charge is 0.472 e. The maximum atomic E-state index is 13.3. The van der Waals surface area contributed by atoms with Gasteiger partial charge in [0.05, 0.1) is 42.7 Å². The number of furan rings is 1. The molecule has 5 rings (SSSR count). The lowest BCUT2D eigenvalue weighted by Gasteiger charge is -2.58. The fourth-order valence-corrected chi connectivity index (χ4v) is 6.37. The molecule has 0 aromatic carbocycles. The highest BCUT2D eigenvalue weighted by molar-refractivity contribution is 5.93. The quantitative estimate of drug-likeness (QED) is 0.593. The molecule has 1 aromatic heterocycles. The average Bonchev–Trinajstić information content (AvgIpc) is 3.11. The number of hydrogen-bond acceptors (Lipinski definition) is 7. The molecule has 2 aliphatic carbocycles. The van der Waals surface area contributed by atoms with Crippen LogP contribution in [0.5, 0.6) is 0 Å². The number of aliphatic hydroxyl groups excluding tert-OH is 2. The Hall–Kier alpha value is -1.70. The lowest BCUT2D eigenvalue weighted by Crippen LogP contribution is -2.69. The van der Waals surface area contributed by atoms with E-state index in [0.29, 0.717) is 19.3 Å². The molecule has 27 heavy (non-hydrogen) atoms. The molecule has 7 atom stereocenters. The van der Waals surface area contributed by atoms with Gasteiger partial charge in [0.15, 0.2) is 0 Å². The van der Waals surface area contributed by atoms with Crippen LogP contribution in [0.3, 0.4) is 0 Å². The minimum atomic E-state index is -1.25. The molecule has 3 heterocycles. The first kappa shape index (κ1) is 17.4. The predicted molar refractivity (Wildman–Crippen MR) is 90.3 cm³/mol. The van der Waals surface area contributed by atoms with Crippen LogP contribution in [-0.4, -0.2) is 46.9 Å². The van der Waals surface area contributed by atoms with Crippen LogP contribution in [0, 0.1) is 22.7 Å². The number of cyclic esters (lactones) is 1. The monoisotopic (exact) mass is 376 g/mol. The van der Waals surface area contributed by atoms with E-state index < -0.39 is 41.2 Å². The number of ether oxygens (including phenoxy) is 2. The van der Waals surface area contributed by atoms with Crippen LogP contribution in [-0.2, 0) is 19.1 Å². The Morgan fingerprint density at radius 3 is 2.70 bits per heavy atom. The molecule has 4 fully saturated rings. The summed E-state index contributed by atoms with van der Waals surface area (Å²) in [5.74, 6) is -1.04. The molecule has 4 aliphatic rings. The predicted octanol–water partition coefficient (Wildman–Crippen LogP) is 1.38. The molecule has 7 nitrogen and oxygen atoms in total. The molecule has 2 N–H and O–H groups in total. The van der Waals surface area contributed by atoms with E-state index in [4.69, 9.17) is 13.9 Å². The second kappa shape index (κ2) is 5.43. The SMILES string of the molecule is C[C@@H]1CC(=O)[C@]2(CO)[C@H](CC[C@H](O)[C@@]23CO3)[C@@]12C[C@@H](c1ccoc1)OC2=O. The van der Waals surface area contributed by atoms with Crippen LogP contribution in [0.15, 0.2) is 23.0 Å². The molecular formula is C20H24O7. The van der Waals surface area contributed by atoms with E-state index in [-0.39, 0.29) is 30.7 Å². The summed E-state index contributed by atoms with van der Waals surface area (Å²) in [5.41, 5.74) is -2.39. The van der Waals surface area contributed by atoms with Crippen molar-refractivity contribution in [3.8, 4) is 0 Å². The summed E-state index contributed by atoms with van der Waals surface area (Å²) in [6.07, 6.45) is 3.42. The maximum absolute atomic E-state index is 13.3. The van der Waals surface area contributed by atoms with Gasteiger partial charge in [-0.05, 0) is 30.7 Å². The van der Waals surface area contributed by atoms with Crippen molar-refractivity contribution in [1.29, 1.82) is 0 Å². The normalized spacial score (nSPS) is 48.7. The van der Waals surface area contributed by atoms with Crippen LogP contribution in [0.2, 0.25) is 0 Å². The Bertz CT molecular complexity index is 782. The zero-order chi connectivity index (χ0) is 19.0. The number of fused-ring (bicyclic) bond motifs is 3. The first-order valence-electron chi connectivity index (χ1n) is 9.62. The van der Waals surface area contributed by atoms with Crippen molar-refractivity contribution >= 4 is 11.8 Å². The first-order valence-corrected chi connectivity index (χ1v) is 9.62. The number of carbonyl (C=O) groups excluding carboxylic acids is 2. The number of ketones is 1. The van der Waals surface area contributed by atoms with Gasteiger partial charge < -0.3 is 24.1 Å². The van der Waals surface area contributed by atoms with Crippen molar-refractivity contribution in [3.05, 3.63) is 24.2 Å². The fraction of sp³-hybridized carbons (Fsp3) is 0.700. The van der Waals surface area contributed by atoms with E-state index in [1.165, 1.54) is 0 Å². The minimum Gasteiger partial charge on any atom is -0.472 e. The Morgan fingerprint density at radius 1 is 1.30 bits per heavy atom. The summed E-state index contributed by atoms with van der Waals surface area (Å²) in [7, 11) is 0. The van der Waals surface area contributed by atoms with Gasteiger partial charge in [-0.25, -0.2) is 0 Å². The summed E-state index contributed by atoms with van der Waals surface area (Å²) >= 11 is 0. The second-order valence-electron chi connectivity index (χ2n) is 8.68. The van der Waals surface area contributed by atoms with Crippen LogP contribution >= 0.6 is 0 Å². The highest BCUT2D eigenvalue weighted by Crippen LogP contribution is 2.69. The molecule has 0 radical (unpaired) electrons. The standard InChI is InChI=1S/C20H24O7/c1-11-6-16(23)19(9-21)14(2-3-15(22)20(19)10-26-20)18(11)7-13(27-17(18)24)12-4-5-25-8-12/h4-5,8,11,13-15,21-22H,2-3,6-7,9-10H2,1H3/t11-,13+,14-,15+,18-,19+,20+/m1/s1. The first-order chi connectivity index (χ1) is 12.9. The molecule has 2 aliphatic heterocycles. The summed E-state index contributed by atoms with van der Waals surface area (Å²) in [5, 5.41) is 21.0. The summed E-state index contributed by atoms with van der Waals surface area (Å²) in [6.45, 7) is 1.73. The van der Waals surface area contributed by atoms with Crippen LogP contribution in [0.25, 0.3) is 0 Å². The number of epoxide rings is 1. The second-order valence-corrected chi connectivity index (χ2v) is 8.68. The number of rotatable bonds is 2. The highest BCUT2D eigenvalue weighted by Gasteiger charge is 2.79. The van der Waals surface area contributed by atoms with Gasteiger partial charge in [0.2, 0.25) is 0 Å². The van der Waals surface area contributed by atoms with E-state index in [2.05, 4.69) is 0 Å². The van der Waals surface area contributed by atoms with Gasteiger partial charge in [-0.15, -0.1) is 0 Å². The maximum Gasteiger partial charge on any atom is 0.313 e. The molecule has 1 aromatic rings. The number of Topliss-reactive ketones (excluding diaryl/α,β-unsaturated/α-hetero) is 1. The van der Waals surface area contributed by atoms with E-state index in [1.54, 1.807) is 18.6 Å². The summed E-state index contributed by atoms with van der Waals surface area (Å²) in [6, 6.07) is 1.78. The molecule has 2 saturated heterocycles. The molecule has 0 bridgehead atoms. The molecule has 2 spiro atoms. The Labute approximate surface area is 156 Å². The molecule has 0 unspecified atom stereocenters. The molecule has 146 valence electrons. The Kier molecular flexibility index (Phi) is 3.50. The van der Waals surface area contributed by atoms with E-state index >= 15 is 0 Å². The third-order valence-electron chi connectivity index (χ3n) is 7.88. The van der Waals surface area contributed by atoms with Gasteiger partial charge in [-0.3, -0.25) is 9.59 Å². The van der Waals surface area contributed by atoms with Crippen molar-refractivity contribution < 1.29 is 33.7 Å². The lowest BCUT2D eigenvalue weighted by atomic mass is 9.43. The van der Waals surface area contributed by atoms with Gasteiger partial charge in [-0.2, -0.15) is 0 Å². The van der Waals surface area contributed by atoms with Crippen LogP contribution in [0.4, 0.5) is 0 Å². The topological polar surface area (TPSA) is 110 Å². The summed E-state index contributed by atoms with van der Waals surface area (Å²) < 4.78 is 16.6. The number of esters is 1. The van der Waals surface area contributed by atoms with E-state index in [9.17, 15) is 19.8 Å². The number of hydrogen-bond donors (Lipinski definition) is 2. The molecule has 2 saturated carbocycles. The smallest absolute Gasteiger partial charge is 0.313 e. The lowest BCUT2D eigenvalue weighted by molar-refractivity contribution is -0.196. The Morgan fingerprint density at radius 2 is 2.07 bits per heavy atom. The Balaban J connectivity index is 1.63. The zero-order valence-corrected chi connectivity index (χ0v) is 15.2. The molecular weight excluding hydrogens is 352 g/mol. The molecule has 7 heteroatoms. The third-order valence-corrected chi connectivity index (χ3v) is 7.88. The van der Waals surface area contributed by atoms with E-state index in [1.807, 2.05) is 6.92 Å². The van der Waals surface area contributed by atoms with Gasteiger partial charge in [0, 0.05) is 18.4 Å². The van der Waals surface area contributed by atoms with Crippen LogP contribution < -0.4 is 0 Å². The van der Waals surface area contributed by atoms with Crippen molar-refractivity contribution in [2.75, 3.05) is 13.2 Å². The van der Waals surface area contributed by atoms with Crippen molar-refractivity contribution in [2.24, 2.45) is 22.7 Å². The van der Waals surface area contributed by atoms with Crippen molar-refractivity contribution in [3.63, 3.8) is 0 Å². The zero-order valence-electron chi connectivity index (χ0n) is 15.2. The van der Waals surface area contributed by atoms with Crippen LogP contribution in [0.1, 0.15) is 44.3 Å². The summed E-state index contributed by atoms with van der Waals surface area (Å²) in [4.78, 5) is 26.5. The van der Waals surface area contributed by atoms with Crippen molar-refractivity contribution in [1.82, 2.24) is 0 Å². The van der Waals surface area contributed by atoms with E-state index in [0.717, 1.165) is 5.56 Å². The third kappa shape index (κ3) is 1.87.